The van der Waals surface area contributed by atoms with Gasteiger partial charge in [0.2, 0.25) is 0 Å². The fourth-order valence-electron chi connectivity index (χ4n) is 1.75. The second kappa shape index (κ2) is 5.40. The maximum absolute atomic E-state index is 10.7. The molecule has 2 aromatic carbocycles. The van der Waals surface area contributed by atoms with Crippen molar-refractivity contribution in [2.45, 2.75) is 6.92 Å². The second-order valence-corrected chi connectivity index (χ2v) is 4.35. The fourth-order valence-corrected chi connectivity index (χ4v) is 1.75. The Bertz CT molecular complexity index is 642. The van der Waals surface area contributed by atoms with E-state index in [9.17, 15) is 15.0 Å². The van der Waals surface area contributed by atoms with Crippen molar-refractivity contribution < 1.29 is 15.0 Å². The van der Waals surface area contributed by atoms with E-state index in [-0.39, 0.29) is 11.5 Å². The van der Waals surface area contributed by atoms with E-state index in [0.717, 1.165) is 16.7 Å². The van der Waals surface area contributed by atoms with Gasteiger partial charge >= 0.3 is 0 Å². The molecule has 2 rings (SSSR count). The van der Waals surface area contributed by atoms with Crippen LogP contribution >= 0.6 is 0 Å². The minimum atomic E-state index is 0.0519. The molecule has 0 bridgehead atoms. The largest absolute Gasteiger partial charge is 0.508 e. The van der Waals surface area contributed by atoms with Gasteiger partial charge in [0.1, 0.15) is 17.8 Å². The Kier molecular flexibility index (Phi) is 3.66. The lowest BCUT2D eigenvalue weighted by molar-refractivity contribution is 0.112. The van der Waals surface area contributed by atoms with E-state index in [1.807, 2.05) is 25.1 Å². The molecule has 0 saturated carbocycles. The minimum absolute atomic E-state index is 0.0519. The van der Waals surface area contributed by atoms with E-state index in [4.69, 9.17) is 0 Å². The predicted molar refractivity (Wildman–Crippen MR) is 75.3 cm³/mol. The number of aldehydes is 1. The van der Waals surface area contributed by atoms with Gasteiger partial charge in [0.05, 0.1) is 0 Å². The molecule has 0 aliphatic rings. The molecule has 3 heteroatoms. The van der Waals surface area contributed by atoms with Crippen molar-refractivity contribution in [3.8, 4) is 11.5 Å². The average molecular weight is 254 g/mol. The third-order valence-electron chi connectivity index (χ3n) is 2.80. The first kappa shape index (κ1) is 12.9. The van der Waals surface area contributed by atoms with Gasteiger partial charge in [-0.1, -0.05) is 24.3 Å². The van der Waals surface area contributed by atoms with E-state index in [2.05, 4.69) is 0 Å². The Morgan fingerprint density at radius 1 is 0.895 bits per heavy atom. The van der Waals surface area contributed by atoms with Crippen LogP contribution in [0.2, 0.25) is 0 Å². The number of rotatable bonds is 3. The highest BCUT2D eigenvalue weighted by molar-refractivity contribution is 5.79. The molecule has 3 nitrogen and oxygen atoms in total. The Balaban J connectivity index is 2.29. The van der Waals surface area contributed by atoms with Crippen molar-refractivity contribution >= 4 is 18.4 Å². The van der Waals surface area contributed by atoms with Crippen LogP contribution in [-0.4, -0.2) is 16.5 Å². The zero-order chi connectivity index (χ0) is 13.8. The predicted octanol–water partition coefficient (Wildman–Crippen LogP) is 3.39. The van der Waals surface area contributed by atoms with Crippen molar-refractivity contribution in [2.24, 2.45) is 0 Å². The van der Waals surface area contributed by atoms with Crippen LogP contribution < -0.4 is 0 Å². The summed E-state index contributed by atoms with van der Waals surface area (Å²) in [5, 5.41) is 19.1. The van der Waals surface area contributed by atoms with Crippen LogP contribution in [0.25, 0.3) is 12.2 Å². The van der Waals surface area contributed by atoms with Crippen LogP contribution in [0.4, 0.5) is 0 Å². The van der Waals surface area contributed by atoms with Crippen LogP contribution in [0.5, 0.6) is 11.5 Å². The molecule has 0 saturated heterocycles. The molecule has 96 valence electrons. The van der Waals surface area contributed by atoms with Gasteiger partial charge < -0.3 is 10.2 Å². The smallest absolute Gasteiger partial charge is 0.150 e. The molecule has 2 N–H and O–H groups in total. The van der Waals surface area contributed by atoms with Crippen LogP contribution in [0.3, 0.4) is 0 Å². The Labute approximate surface area is 111 Å². The first-order chi connectivity index (χ1) is 9.08. The number of hydrogen-bond donors (Lipinski definition) is 2. The summed E-state index contributed by atoms with van der Waals surface area (Å²) in [5.41, 5.74) is 2.81. The van der Waals surface area contributed by atoms with Gasteiger partial charge in [0.15, 0.2) is 0 Å². The highest BCUT2D eigenvalue weighted by atomic mass is 16.3. The number of benzene rings is 2. The second-order valence-electron chi connectivity index (χ2n) is 4.35. The maximum atomic E-state index is 10.7. The van der Waals surface area contributed by atoms with Crippen molar-refractivity contribution in [3.63, 3.8) is 0 Å². The van der Waals surface area contributed by atoms with Gasteiger partial charge in [0, 0.05) is 5.56 Å². The topological polar surface area (TPSA) is 57.5 Å². The summed E-state index contributed by atoms with van der Waals surface area (Å²) in [6.45, 7) is 1.83. The lowest BCUT2D eigenvalue weighted by Crippen LogP contribution is -1.82. The first-order valence-corrected chi connectivity index (χ1v) is 5.85. The highest BCUT2D eigenvalue weighted by Crippen LogP contribution is 2.20. The summed E-state index contributed by atoms with van der Waals surface area (Å²) in [6, 6.07) is 10.0. The van der Waals surface area contributed by atoms with Gasteiger partial charge in [-0.3, -0.25) is 4.79 Å². The molecule has 0 aromatic heterocycles. The molecule has 0 heterocycles. The molecule has 0 spiro atoms. The third-order valence-corrected chi connectivity index (χ3v) is 2.80. The number of phenols is 2. The summed E-state index contributed by atoms with van der Waals surface area (Å²) < 4.78 is 0. The third kappa shape index (κ3) is 3.22. The number of carbonyl (C=O) groups excluding carboxylic acids is 1. The Hall–Kier alpha value is -2.55. The van der Waals surface area contributed by atoms with Crippen LogP contribution in [0.15, 0.2) is 36.4 Å². The minimum Gasteiger partial charge on any atom is -0.508 e. The van der Waals surface area contributed by atoms with Crippen LogP contribution in [0, 0.1) is 6.92 Å². The van der Waals surface area contributed by atoms with Gasteiger partial charge in [-0.15, -0.1) is 0 Å². The van der Waals surface area contributed by atoms with E-state index < -0.39 is 0 Å². The van der Waals surface area contributed by atoms with Crippen molar-refractivity contribution in [1.29, 1.82) is 0 Å². The quantitative estimate of drug-likeness (QED) is 0.652. The number of phenolic OH excluding ortho intramolecular Hbond substituents is 2. The highest BCUT2D eigenvalue weighted by Gasteiger charge is 1.98. The van der Waals surface area contributed by atoms with Crippen LogP contribution in [-0.2, 0) is 0 Å². The molecule has 0 amide bonds. The molecule has 0 unspecified atom stereocenters. The zero-order valence-electron chi connectivity index (χ0n) is 10.5. The normalized spacial score (nSPS) is 10.8. The number of hydrogen-bond acceptors (Lipinski definition) is 3. The molecule has 0 radical (unpaired) electrons. The lowest BCUT2D eigenvalue weighted by atomic mass is 10.1. The van der Waals surface area contributed by atoms with Gasteiger partial charge in [-0.2, -0.15) is 0 Å². The SMILES string of the molecule is Cc1ccc(/C=C/c2cc(O)cc(C=O)c2)cc1O. The number of carbonyl (C=O) groups is 1. The van der Waals surface area contributed by atoms with Crippen molar-refractivity contribution in [2.75, 3.05) is 0 Å². The lowest BCUT2D eigenvalue weighted by Gasteiger charge is -2.01. The summed E-state index contributed by atoms with van der Waals surface area (Å²) in [4.78, 5) is 10.7. The standard InChI is InChI=1S/C16H14O3/c1-11-2-3-12(9-16(11)19)4-5-13-6-14(10-17)8-15(18)7-13/h2-10,18-19H,1H3/b5-4+. The van der Waals surface area contributed by atoms with Crippen molar-refractivity contribution in [1.82, 2.24) is 0 Å². The summed E-state index contributed by atoms with van der Waals surface area (Å²) in [5.74, 6) is 0.294. The van der Waals surface area contributed by atoms with Gasteiger partial charge in [0.25, 0.3) is 0 Å². The van der Waals surface area contributed by atoms with Crippen LogP contribution in [0.1, 0.15) is 27.0 Å². The molecular formula is C16H14O3. The molecule has 0 atom stereocenters. The summed E-state index contributed by atoms with van der Waals surface area (Å²) in [7, 11) is 0. The Morgan fingerprint density at radius 2 is 1.58 bits per heavy atom. The first-order valence-electron chi connectivity index (χ1n) is 5.85. The maximum Gasteiger partial charge on any atom is 0.150 e. The van der Waals surface area contributed by atoms with E-state index in [1.54, 1.807) is 24.3 Å². The fraction of sp³-hybridized carbons (Fsp3) is 0.0625. The molecule has 2 aromatic rings. The number of aryl methyl sites for hydroxylation is 1. The zero-order valence-corrected chi connectivity index (χ0v) is 10.5. The summed E-state index contributed by atoms with van der Waals surface area (Å²) >= 11 is 0. The molecule has 0 fully saturated rings. The monoisotopic (exact) mass is 254 g/mol. The van der Waals surface area contributed by atoms with Gasteiger partial charge in [-0.25, -0.2) is 0 Å². The summed E-state index contributed by atoms with van der Waals surface area (Å²) in [6.07, 6.45) is 4.27. The van der Waals surface area contributed by atoms with E-state index >= 15 is 0 Å². The average Bonchev–Trinajstić information content (AvgIpc) is 2.39. The molecule has 19 heavy (non-hydrogen) atoms. The van der Waals surface area contributed by atoms with E-state index in [0.29, 0.717) is 11.8 Å². The van der Waals surface area contributed by atoms with E-state index in [1.165, 1.54) is 6.07 Å². The molecule has 0 aliphatic carbocycles. The number of aromatic hydroxyl groups is 2. The molecular weight excluding hydrogens is 240 g/mol. The molecule has 0 aliphatic heterocycles. The van der Waals surface area contributed by atoms with Crippen molar-refractivity contribution in [3.05, 3.63) is 58.7 Å². The Morgan fingerprint density at radius 3 is 2.26 bits per heavy atom. The van der Waals surface area contributed by atoms with Gasteiger partial charge in [-0.05, 0) is 47.9 Å².